The minimum Gasteiger partial charge on any atom is -0.478 e. The van der Waals surface area contributed by atoms with Gasteiger partial charge in [-0.1, -0.05) is 20.3 Å². The van der Waals surface area contributed by atoms with Gasteiger partial charge in [-0.05, 0) is 57.4 Å². The molecule has 0 radical (unpaired) electrons. The number of carboxylic acid groups (broad SMARTS) is 1. The summed E-state index contributed by atoms with van der Waals surface area (Å²) < 4.78 is 6.07. The average Bonchev–Trinajstić information content (AvgIpc) is 2.24. The molecule has 1 saturated carbocycles. The molecular formula is C16H28O3. The lowest BCUT2D eigenvalue weighted by Crippen LogP contribution is -2.36. The van der Waals surface area contributed by atoms with Crippen LogP contribution in [0.2, 0.25) is 0 Å². The first-order valence-electron chi connectivity index (χ1n) is 7.21. The van der Waals surface area contributed by atoms with Gasteiger partial charge in [0.2, 0.25) is 0 Å². The van der Waals surface area contributed by atoms with Crippen molar-refractivity contribution in [3.8, 4) is 0 Å². The van der Waals surface area contributed by atoms with Crippen molar-refractivity contribution in [2.75, 3.05) is 0 Å². The van der Waals surface area contributed by atoms with Gasteiger partial charge in [0.05, 0.1) is 11.7 Å². The van der Waals surface area contributed by atoms with E-state index in [1.807, 2.05) is 13.8 Å². The molecule has 0 aromatic rings. The quantitative estimate of drug-likeness (QED) is 0.766. The number of ether oxygens (including phenoxy) is 1. The first-order valence-corrected chi connectivity index (χ1v) is 7.21. The summed E-state index contributed by atoms with van der Waals surface area (Å²) in [6.07, 6.45) is 7.90. The van der Waals surface area contributed by atoms with Crippen molar-refractivity contribution in [3.05, 3.63) is 12.2 Å². The molecule has 2 atom stereocenters. The fourth-order valence-electron chi connectivity index (χ4n) is 3.04. The summed E-state index contributed by atoms with van der Waals surface area (Å²) in [7, 11) is 0. The van der Waals surface area contributed by atoms with Crippen molar-refractivity contribution >= 4 is 5.97 Å². The second kappa shape index (κ2) is 6.08. The van der Waals surface area contributed by atoms with Gasteiger partial charge in [-0.3, -0.25) is 0 Å². The van der Waals surface area contributed by atoms with Gasteiger partial charge in [0, 0.05) is 6.08 Å². The van der Waals surface area contributed by atoms with Gasteiger partial charge in [-0.15, -0.1) is 0 Å². The number of carbonyl (C=O) groups is 1. The minimum atomic E-state index is -0.928. The van der Waals surface area contributed by atoms with Gasteiger partial charge in [-0.2, -0.15) is 0 Å². The molecule has 1 aliphatic rings. The fourth-order valence-corrected chi connectivity index (χ4v) is 3.04. The zero-order valence-corrected chi connectivity index (χ0v) is 12.9. The maximum absolute atomic E-state index is 10.6. The van der Waals surface area contributed by atoms with Crippen LogP contribution in [0.3, 0.4) is 0 Å². The second-order valence-corrected chi connectivity index (χ2v) is 7.12. The van der Waals surface area contributed by atoms with Gasteiger partial charge in [0.1, 0.15) is 0 Å². The molecular weight excluding hydrogens is 240 g/mol. The number of hydrogen-bond donors (Lipinski definition) is 1. The van der Waals surface area contributed by atoms with Crippen LogP contribution in [0.1, 0.15) is 60.3 Å². The smallest absolute Gasteiger partial charge is 0.328 e. The van der Waals surface area contributed by atoms with Crippen LogP contribution in [0.4, 0.5) is 0 Å². The fraction of sp³-hybridized carbons (Fsp3) is 0.812. The van der Waals surface area contributed by atoms with E-state index in [2.05, 4.69) is 20.8 Å². The number of rotatable bonds is 5. The third-order valence-electron chi connectivity index (χ3n) is 4.02. The van der Waals surface area contributed by atoms with E-state index >= 15 is 0 Å². The van der Waals surface area contributed by atoms with E-state index < -0.39 is 11.6 Å². The molecule has 1 fully saturated rings. The molecule has 1 aliphatic carbocycles. The number of carboxylic acids is 1. The van der Waals surface area contributed by atoms with Gasteiger partial charge in [-0.25, -0.2) is 4.79 Å². The molecule has 0 aliphatic heterocycles. The molecule has 0 amide bonds. The van der Waals surface area contributed by atoms with Crippen molar-refractivity contribution < 1.29 is 14.6 Å². The van der Waals surface area contributed by atoms with E-state index in [1.165, 1.54) is 25.7 Å². The minimum absolute atomic E-state index is 0.160. The Hall–Kier alpha value is -0.830. The lowest BCUT2D eigenvalue weighted by molar-refractivity contribution is -0.131. The third kappa shape index (κ3) is 5.77. The summed E-state index contributed by atoms with van der Waals surface area (Å²) in [6.45, 7) is 10.6. The number of aliphatic carboxylic acids is 1. The largest absolute Gasteiger partial charge is 0.478 e. The van der Waals surface area contributed by atoms with E-state index in [9.17, 15) is 4.79 Å². The molecule has 0 bridgehead atoms. The van der Waals surface area contributed by atoms with E-state index in [-0.39, 0.29) is 6.10 Å². The highest BCUT2D eigenvalue weighted by Crippen LogP contribution is 2.41. The Balaban J connectivity index is 2.58. The summed E-state index contributed by atoms with van der Waals surface area (Å²) in [5.74, 6) is -0.357. The topological polar surface area (TPSA) is 46.5 Å². The van der Waals surface area contributed by atoms with Crippen LogP contribution in [0.15, 0.2) is 12.2 Å². The van der Waals surface area contributed by atoms with Crippen LogP contribution in [-0.4, -0.2) is 22.8 Å². The molecule has 0 heterocycles. The van der Waals surface area contributed by atoms with Crippen molar-refractivity contribution in [1.29, 1.82) is 0 Å². The SMILES string of the molecule is CC(OC(C)(C)C=CC(=O)O)C1CCCC(C)(C)C1. The normalized spacial score (nSPS) is 25.4. The van der Waals surface area contributed by atoms with Crippen LogP contribution in [0, 0.1) is 11.3 Å². The van der Waals surface area contributed by atoms with E-state index in [1.54, 1.807) is 6.08 Å². The summed E-state index contributed by atoms with van der Waals surface area (Å²) in [5.41, 5.74) is -0.124. The van der Waals surface area contributed by atoms with Crippen molar-refractivity contribution in [3.63, 3.8) is 0 Å². The number of hydrogen-bond acceptors (Lipinski definition) is 2. The average molecular weight is 268 g/mol. The van der Waals surface area contributed by atoms with Crippen molar-refractivity contribution in [1.82, 2.24) is 0 Å². The highest BCUT2D eigenvalue weighted by atomic mass is 16.5. The van der Waals surface area contributed by atoms with E-state index in [0.717, 1.165) is 6.08 Å². The van der Waals surface area contributed by atoms with Crippen molar-refractivity contribution in [2.45, 2.75) is 72.0 Å². The lowest BCUT2D eigenvalue weighted by Gasteiger charge is -2.40. The van der Waals surface area contributed by atoms with Gasteiger partial charge >= 0.3 is 5.97 Å². The molecule has 1 rings (SSSR count). The van der Waals surface area contributed by atoms with Gasteiger partial charge in [0.15, 0.2) is 0 Å². The Labute approximate surface area is 117 Å². The Morgan fingerprint density at radius 3 is 2.63 bits per heavy atom. The molecule has 2 unspecified atom stereocenters. The lowest BCUT2D eigenvalue weighted by atomic mass is 9.70. The summed E-state index contributed by atoms with van der Waals surface area (Å²) >= 11 is 0. The first-order chi connectivity index (χ1) is 8.61. The highest BCUT2D eigenvalue weighted by molar-refractivity contribution is 5.79. The first kappa shape index (κ1) is 16.2. The molecule has 110 valence electrons. The molecule has 1 N–H and O–H groups in total. The van der Waals surface area contributed by atoms with Crippen LogP contribution in [0.25, 0.3) is 0 Å². The maximum Gasteiger partial charge on any atom is 0.328 e. The Morgan fingerprint density at radius 1 is 1.47 bits per heavy atom. The van der Waals surface area contributed by atoms with Crippen molar-refractivity contribution in [2.24, 2.45) is 11.3 Å². The third-order valence-corrected chi connectivity index (χ3v) is 4.02. The molecule has 3 nitrogen and oxygen atoms in total. The molecule has 0 spiro atoms. The van der Waals surface area contributed by atoms with E-state index in [4.69, 9.17) is 9.84 Å². The predicted molar refractivity (Wildman–Crippen MR) is 77.1 cm³/mol. The van der Waals surface area contributed by atoms with Crippen LogP contribution in [-0.2, 0) is 9.53 Å². The Morgan fingerprint density at radius 2 is 2.11 bits per heavy atom. The monoisotopic (exact) mass is 268 g/mol. The predicted octanol–water partition coefficient (Wildman–Crippen LogP) is 4.03. The molecule has 19 heavy (non-hydrogen) atoms. The second-order valence-electron chi connectivity index (χ2n) is 7.12. The van der Waals surface area contributed by atoms with Crippen LogP contribution < -0.4 is 0 Å². The van der Waals surface area contributed by atoms with Crippen LogP contribution in [0.5, 0.6) is 0 Å². The maximum atomic E-state index is 10.6. The molecule has 0 aromatic carbocycles. The molecule has 0 aromatic heterocycles. The van der Waals surface area contributed by atoms with Crippen LogP contribution >= 0.6 is 0 Å². The zero-order chi connectivity index (χ0) is 14.7. The van der Waals surface area contributed by atoms with E-state index in [0.29, 0.717) is 11.3 Å². The Kier molecular flexibility index (Phi) is 5.19. The summed E-state index contributed by atoms with van der Waals surface area (Å²) in [5, 5.41) is 8.69. The highest BCUT2D eigenvalue weighted by Gasteiger charge is 2.33. The standard InChI is InChI=1S/C16H28O3/c1-12(13-7-6-9-15(2,3)11-13)19-16(4,5)10-8-14(17)18/h8,10,12-13H,6-7,9,11H2,1-5H3,(H,17,18). The summed E-state index contributed by atoms with van der Waals surface area (Å²) in [6, 6.07) is 0. The molecule has 0 saturated heterocycles. The molecule has 3 heteroatoms. The zero-order valence-electron chi connectivity index (χ0n) is 12.9. The summed E-state index contributed by atoms with van der Waals surface area (Å²) in [4.78, 5) is 10.6. The Bertz CT molecular complexity index is 342. The van der Waals surface area contributed by atoms with Gasteiger partial charge in [0.25, 0.3) is 0 Å². The van der Waals surface area contributed by atoms with Gasteiger partial charge < -0.3 is 9.84 Å².